The van der Waals surface area contributed by atoms with Crippen LogP contribution in [-0.4, -0.2) is 95.8 Å². The molecule has 11 nitrogen and oxygen atoms in total. The van der Waals surface area contributed by atoms with E-state index in [1.807, 2.05) is 0 Å². The molecule has 1 aliphatic rings. The zero-order valence-electron chi connectivity index (χ0n) is 19.7. The van der Waals surface area contributed by atoms with E-state index in [1.54, 1.807) is 41.5 Å². The van der Waals surface area contributed by atoms with E-state index in [4.69, 9.17) is 14.2 Å². The molecule has 3 amide bonds. The van der Waals surface area contributed by atoms with E-state index < -0.39 is 41.4 Å². The minimum absolute atomic E-state index is 0.328. The molecule has 0 aromatic rings. The summed E-state index contributed by atoms with van der Waals surface area (Å²) in [5, 5.41) is 13.9. The highest BCUT2D eigenvalue weighted by atomic mass is 16.6. The number of nitrogens with one attached hydrogen (secondary N) is 2. The summed E-state index contributed by atoms with van der Waals surface area (Å²) in [5.41, 5.74) is 0.620. The number of carbonyl (C=O) groups excluding carboxylic acids is 3. The third kappa shape index (κ3) is 10.7. The molecule has 31 heavy (non-hydrogen) atoms. The summed E-state index contributed by atoms with van der Waals surface area (Å²) in [6.07, 6.45) is -3.44. The number of morpholine rings is 1. The highest BCUT2D eigenvalue weighted by molar-refractivity contribution is 5.82. The van der Waals surface area contributed by atoms with E-state index in [0.29, 0.717) is 26.3 Å². The first kappa shape index (κ1) is 26.9. The number of ether oxygens (including phenoxy) is 3. The van der Waals surface area contributed by atoms with E-state index >= 15 is 0 Å². The van der Waals surface area contributed by atoms with Crippen LogP contribution in [0.4, 0.5) is 9.59 Å². The fourth-order valence-electron chi connectivity index (χ4n) is 2.65. The summed E-state index contributed by atoms with van der Waals surface area (Å²) in [4.78, 5) is 39.4. The lowest BCUT2D eigenvalue weighted by Gasteiger charge is -2.34. The van der Waals surface area contributed by atoms with Crippen molar-refractivity contribution in [2.45, 2.75) is 71.8 Å². The number of amides is 3. The van der Waals surface area contributed by atoms with Crippen LogP contribution in [0.2, 0.25) is 0 Å². The van der Waals surface area contributed by atoms with Crippen molar-refractivity contribution in [3.05, 3.63) is 0 Å². The molecule has 0 saturated carbocycles. The normalized spacial score (nSPS) is 17.3. The number of nitrogens with zero attached hydrogens (tertiary/aromatic N) is 2. The lowest BCUT2D eigenvalue weighted by atomic mass is 10.1. The second kappa shape index (κ2) is 11.5. The van der Waals surface area contributed by atoms with Gasteiger partial charge in [0.25, 0.3) is 5.91 Å². The molecule has 180 valence electrons. The van der Waals surface area contributed by atoms with Crippen LogP contribution in [0.1, 0.15) is 48.5 Å². The molecule has 0 aromatic heterocycles. The Morgan fingerprint density at radius 2 is 1.61 bits per heavy atom. The Kier molecular flexibility index (Phi) is 9.98. The number of hydrazine groups is 1. The summed E-state index contributed by atoms with van der Waals surface area (Å²) in [7, 11) is 0. The lowest BCUT2D eigenvalue weighted by Crippen LogP contribution is -2.59. The maximum Gasteiger partial charge on any atom is 0.429 e. The molecule has 1 fully saturated rings. The monoisotopic (exact) mass is 446 g/mol. The van der Waals surface area contributed by atoms with Gasteiger partial charge in [-0.2, -0.15) is 0 Å². The van der Waals surface area contributed by atoms with Crippen LogP contribution < -0.4 is 10.7 Å². The van der Waals surface area contributed by atoms with Crippen LogP contribution in [0.15, 0.2) is 0 Å². The quantitative estimate of drug-likeness (QED) is 0.512. The molecule has 11 heteroatoms. The van der Waals surface area contributed by atoms with Gasteiger partial charge in [0.1, 0.15) is 11.2 Å². The van der Waals surface area contributed by atoms with Crippen LogP contribution in [0.5, 0.6) is 0 Å². The third-order valence-corrected chi connectivity index (χ3v) is 4.16. The first-order valence-corrected chi connectivity index (χ1v) is 10.5. The van der Waals surface area contributed by atoms with Crippen molar-refractivity contribution in [2.24, 2.45) is 0 Å². The van der Waals surface area contributed by atoms with Crippen LogP contribution in [0.25, 0.3) is 0 Å². The maximum atomic E-state index is 12.6. The highest BCUT2D eigenvalue weighted by Gasteiger charge is 2.35. The first-order chi connectivity index (χ1) is 14.2. The van der Waals surface area contributed by atoms with Gasteiger partial charge in [0.05, 0.1) is 19.3 Å². The second-order valence-electron chi connectivity index (χ2n) is 9.39. The third-order valence-electron chi connectivity index (χ3n) is 4.16. The van der Waals surface area contributed by atoms with Crippen molar-refractivity contribution in [2.75, 3.05) is 39.4 Å². The number of hydrogen-bond donors (Lipinski definition) is 3. The molecule has 0 aliphatic carbocycles. The van der Waals surface area contributed by atoms with Crippen LogP contribution in [-0.2, 0) is 19.0 Å². The molecule has 1 rings (SSSR count). The zero-order chi connectivity index (χ0) is 23.8. The van der Waals surface area contributed by atoms with Gasteiger partial charge in [-0.25, -0.2) is 20.0 Å². The second-order valence-corrected chi connectivity index (χ2v) is 9.39. The minimum Gasteiger partial charge on any atom is -0.443 e. The first-order valence-electron chi connectivity index (χ1n) is 10.5. The fraction of sp³-hybridized carbons (Fsp3) is 0.850. The number of rotatable bonds is 6. The Balaban J connectivity index is 2.75. The number of hydrogen-bond acceptors (Lipinski definition) is 8. The van der Waals surface area contributed by atoms with E-state index in [9.17, 15) is 19.5 Å². The summed E-state index contributed by atoms with van der Waals surface area (Å²) >= 11 is 0. The van der Waals surface area contributed by atoms with Gasteiger partial charge in [-0.15, -0.1) is 0 Å². The fourth-order valence-corrected chi connectivity index (χ4v) is 2.65. The predicted molar refractivity (Wildman–Crippen MR) is 113 cm³/mol. The Morgan fingerprint density at radius 1 is 1.06 bits per heavy atom. The van der Waals surface area contributed by atoms with Crippen LogP contribution in [0, 0.1) is 0 Å². The standard InChI is InChI=1S/C20H38N4O7/c1-14(15(25)16(26)21-8-9-23-10-12-29-13-11-23)24(18(28)31-20(5,6)7)22-17(27)30-19(2,3)4/h14-15,25H,8-13H2,1-7H3,(H,21,26)(H,22,27)/t14-,15?/m1/s1. The largest absolute Gasteiger partial charge is 0.443 e. The molecule has 1 unspecified atom stereocenters. The van der Waals surface area contributed by atoms with Gasteiger partial charge in [0, 0.05) is 26.2 Å². The number of aliphatic hydroxyl groups is 1. The summed E-state index contributed by atoms with van der Waals surface area (Å²) in [6.45, 7) is 15.2. The zero-order valence-corrected chi connectivity index (χ0v) is 19.7. The molecular formula is C20H38N4O7. The van der Waals surface area contributed by atoms with E-state index in [2.05, 4.69) is 15.6 Å². The van der Waals surface area contributed by atoms with Gasteiger partial charge in [0.15, 0.2) is 6.10 Å². The highest BCUT2D eigenvalue weighted by Crippen LogP contribution is 2.14. The van der Waals surface area contributed by atoms with E-state index in [0.717, 1.165) is 18.1 Å². The Hall–Kier alpha value is -2.11. The number of aliphatic hydroxyl groups excluding tert-OH is 1. The van der Waals surface area contributed by atoms with Gasteiger partial charge in [-0.3, -0.25) is 9.69 Å². The minimum atomic E-state index is -1.60. The smallest absolute Gasteiger partial charge is 0.429 e. The van der Waals surface area contributed by atoms with Gasteiger partial charge in [-0.1, -0.05) is 0 Å². The van der Waals surface area contributed by atoms with Crippen LogP contribution >= 0.6 is 0 Å². The molecular weight excluding hydrogens is 408 g/mol. The summed E-state index contributed by atoms with van der Waals surface area (Å²) < 4.78 is 15.8. The summed E-state index contributed by atoms with van der Waals surface area (Å²) in [6, 6.07) is -1.12. The van der Waals surface area contributed by atoms with Gasteiger partial charge < -0.3 is 24.6 Å². The molecule has 1 saturated heterocycles. The van der Waals surface area contributed by atoms with E-state index in [1.165, 1.54) is 6.92 Å². The molecule has 3 N–H and O–H groups in total. The Labute approximate surface area is 184 Å². The lowest BCUT2D eigenvalue weighted by molar-refractivity contribution is -0.133. The SMILES string of the molecule is C[C@H](C(O)C(=O)NCCN1CCOCC1)N(NC(=O)OC(C)(C)C)C(=O)OC(C)(C)C. The molecule has 0 spiro atoms. The van der Waals surface area contributed by atoms with E-state index in [-0.39, 0.29) is 0 Å². The average molecular weight is 447 g/mol. The molecule has 1 heterocycles. The molecule has 0 aromatic carbocycles. The van der Waals surface area contributed by atoms with Crippen molar-refractivity contribution >= 4 is 18.1 Å². The Bertz CT molecular complexity index is 610. The van der Waals surface area contributed by atoms with Crippen molar-refractivity contribution in [1.82, 2.24) is 20.7 Å². The van der Waals surface area contributed by atoms with Crippen molar-refractivity contribution in [3.63, 3.8) is 0 Å². The van der Waals surface area contributed by atoms with Crippen molar-refractivity contribution in [1.29, 1.82) is 0 Å². The Morgan fingerprint density at radius 3 is 2.13 bits per heavy atom. The van der Waals surface area contributed by atoms with Gasteiger partial charge in [-0.05, 0) is 48.5 Å². The topological polar surface area (TPSA) is 130 Å². The number of carbonyl (C=O) groups is 3. The van der Waals surface area contributed by atoms with Gasteiger partial charge >= 0.3 is 12.2 Å². The predicted octanol–water partition coefficient (Wildman–Crippen LogP) is 0.861. The molecule has 0 bridgehead atoms. The molecule has 0 radical (unpaired) electrons. The summed E-state index contributed by atoms with van der Waals surface area (Å²) in [5.74, 6) is -0.666. The van der Waals surface area contributed by atoms with Crippen LogP contribution in [0.3, 0.4) is 0 Å². The van der Waals surface area contributed by atoms with Crippen molar-refractivity contribution in [3.8, 4) is 0 Å². The molecule has 2 atom stereocenters. The maximum absolute atomic E-state index is 12.6. The average Bonchev–Trinajstić information content (AvgIpc) is 2.62. The van der Waals surface area contributed by atoms with Crippen molar-refractivity contribution < 1.29 is 33.7 Å². The molecule has 1 aliphatic heterocycles. The van der Waals surface area contributed by atoms with Gasteiger partial charge in [0.2, 0.25) is 0 Å².